The minimum atomic E-state index is -0.725. The van der Waals surface area contributed by atoms with Gasteiger partial charge in [-0.15, -0.1) is 0 Å². The highest BCUT2D eigenvalue weighted by atomic mass is 16.5. The molecule has 0 radical (unpaired) electrons. The number of benzene rings is 1. The van der Waals surface area contributed by atoms with E-state index in [4.69, 9.17) is 4.74 Å². The Bertz CT molecular complexity index is 457. The molecule has 1 atom stereocenters. The summed E-state index contributed by atoms with van der Waals surface area (Å²) in [6.45, 7) is 6.14. The van der Waals surface area contributed by atoms with Crippen molar-refractivity contribution in [2.45, 2.75) is 45.2 Å². The zero-order valence-corrected chi connectivity index (χ0v) is 12.3. The Morgan fingerprint density at radius 3 is 2.70 bits per heavy atom. The molecule has 4 heteroatoms. The molecule has 0 saturated carbocycles. The zero-order valence-electron chi connectivity index (χ0n) is 12.3. The van der Waals surface area contributed by atoms with E-state index in [1.54, 1.807) is 0 Å². The lowest BCUT2D eigenvalue weighted by Gasteiger charge is -2.31. The first kappa shape index (κ1) is 14.9. The van der Waals surface area contributed by atoms with E-state index in [0.29, 0.717) is 6.54 Å². The molecular formula is C16H23NO3. The van der Waals surface area contributed by atoms with Crippen LogP contribution in [0.1, 0.15) is 38.7 Å². The fourth-order valence-electron chi connectivity index (χ4n) is 2.65. The van der Waals surface area contributed by atoms with E-state index in [9.17, 15) is 9.90 Å². The smallest absolute Gasteiger partial charge is 0.323 e. The van der Waals surface area contributed by atoms with E-state index < -0.39 is 11.5 Å². The maximum atomic E-state index is 11.4. The molecule has 0 aromatic heterocycles. The van der Waals surface area contributed by atoms with E-state index in [-0.39, 0.29) is 0 Å². The molecule has 2 rings (SSSR count). The van der Waals surface area contributed by atoms with Crippen LogP contribution in [-0.2, 0) is 11.3 Å². The van der Waals surface area contributed by atoms with E-state index in [1.165, 1.54) is 0 Å². The van der Waals surface area contributed by atoms with E-state index in [2.05, 4.69) is 11.8 Å². The van der Waals surface area contributed by atoms with Crippen molar-refractivity contribution in [2.24, 2.45) is 0 Å². The van der Waals surface area contributed by atoms with Crippen molar-refractivity contribution in [3.8, 4) is 5.75 Å². The molecule has 0 bridgehead atoms. The van der Waals surface area contributed by atoms with Gasteiger partial charge in [0.2, 0.25) is 0 Å². The number of nitrogens with zero attached hydrogens (tertiary/aromatic N) is 1. The van der Waals surface area contributed by atoms with Crippen LogP contribution in [0.25, 0.3) is 0 Å². The van der Waals surface area contributed by atoms with Gasteiger partial charge in [0.1, 0.15) is 11.3 Å². The monoisotopic (exact) mass is 277 g/mol. The molecule has 0 amide bonds. The Labute approximate surface area is 120 Å². The molecule has 4 nitrogen and oxygen atoms in total. The van der Waals surface area contributed by atoms with Gasteiger partial charge in [-0.2, -0.15) is 0 Å². The van der Waals surface area contributed by atoms with Crippen LogP contribution in [0.3, 0.4) is 0 Å². The normalized spacial score (nSPS) is 22.9. The molecule has 1 aromatic carbocycles. The van der Waals surface area contributed by atoms with Gasteiger partial charge in [-0.1, -0.05) is 19.1 Å². The van der Waals surface area contributed by atoms with Crippen LogP contribution in [0, 0.1) is 0 Å². The van der Waals surface area contributed by atoms with Gasteiger partial charge in [0, 0.05) is 6.54 Å². The Kier molecular flexibility index (Phi) is 4.65. The van der Waals surface area contributed by atoms with Gasteiger partial charge >= 0.3 is 5.97 Å². The van der Waals surface area contributed by atoms with E-state index in [0.717, 1.165) is 43.7 Å². The highest BCUT2D eigenvalue weighted by Crippen LogP contribution is 2.31. The van der Waals surface area contributed by atoms with Gasteiger partial charge in [0.15, 0.2) is 0 Å². The second-order valence-corrected chi connectivity index (χ2v) is 5.60. The molecule has 1 fully saturated rings. The maximum Gasteiger partial charge on any atom is 0.323 e. The summed E-state index contributed by atoms with van der Waals surface area (Å²) in [4.78, 5) is 13.5. The van der Waals surface area contributed by atoms with Crippen molar-refractivity contribution in [1.82, 2.24) is 4.90 Å². The predicted octanol–water partition coefficient (Wildman–Crippen LogP) is 2.91. The van der Waals surface area contributed by atoms with Crippen molar-refractivity contribution >= 4 is 5.97 Å². The lowest BCUT2D eigenvalue weighted by atomic mass is 9.99. The highest BCUT2D eigenvalue weighted by Gasteiger charge is 2.42. The molecule has 1 aromatic rings. The molecule has 1 unspecified atom stereocenters. The third-order valence-corrected chi connectivity index (χ3v) is 4.02. The summed E-state index contributed by atoms with van der Waals surface area (Å²) in [5.74, 6) is 0.149. The molecule has 0 spiro atoms. The van der Waals surface area contributed by atoms with Gasteiger partial charge in [-0.25, -0.2) is 0 Å². The number of likely N-dealkylation sites (tertiary alicyclic amines) is 1. The number of carboxylic acid groups (broad SMARTS) is 1. The second-order valence-electron chi connectivity index (χ2n) is 5.60. The standard InChI is InChI=1S/C16H23NO3/c1-3-11-20-14-7-5-13(6-8-14)12-17-10-4-9-16(17,2)15(18)19/h5-8H,3-4,9-12H2,1-2H3,(H,18,19). The van der Waals surface area contributed by atoms with Gasteiger partial charge in [0.25, 0.3) is 0 Å². The topological polar surface area (TPSA) is 49.8 Å². The van der Waals surface area contributed by atoms with Crippen molar-refractivity contribution in [2.75, 3.05) is 13.2 Å². The van der Waals surface area contributed by atoms with Crippen molar-refractivity contribution < 1.29 is 14.6 Å². The third kappa shape index (κ3) is 3.12. The average molecular weight is 277 g/mol. The zero-order chi connectivity index (χ0) is 14.6. The molecule has 1 aliphatic heterocycles. The minimum absolute atomic E-state index is 0.677. The molecule has 1 saturated heterocycles. The summed E-state index contributed by atoms with van der Waals surface area (Å²) in [6, 6.07) is 7.95. The van der Waals surface area contributed by atoms with Crippen LogP contribution < -0.4 is 4.74 Å². The number of carbonyl (C=O) groups is 1. The second kappa shape index (κ2) is 6.27. The number of rotatable bonds is 6. The minimum Gasteiger partial charge on any atom is -0.494 e. The Morgan fingerprint density at radius 2 is 2.10 bits per heavy atom. The van der Waals surface area contributed by atoms with Crippen LogP contribution in [-0.4, -0.2) is 34.7 Å². The first-order valence-electron chi connectivity index (χ1n) is 7.26. The Hall–Kier alpha value is -1.55. The highest BCUT2D eigenvalue weighted by molar-refractivity contribution is 5.78. The summed E-state index contributed by atoms with van der Waals surface area (Å²) >= 11 is 0. The third-order valence-electron chi connectivity index (χ3n) is 4.02. The number of aliphatic carboxylic acids is 1. The molecule has 1 N–H and O–H groups in total. The molecule has 0 aliphatic carbocycles. The van der Waals surface area contributed by atoms with Gasteiger partial charge < -0.3 is 9.84 Å². The van der Waals surface area contributed by atoms with Crippen LogP contribution in [0.15, 0.2) is 24.3 Å². The van der Waals surface area contributed by atoms with E-state index in [1.807, 2.05) is 31.2 Å². The number of hydrogen-bond donors (Lipinski definition) is 1. The van der Waals surface area contributed by atoms with Gasteiger partial charge in [-0.3, -0.25) is 9.69 Å². The van der Waals surface area contributed by atoms with Crippen molar-refractivity contribution in [3.05, 3.63) is 29.8 Å². The van der Waals surface area contributed by atoms with Gasteiger partial charge in [0.05, 0.1) is 6.61 Å². The average Bonchev–Trinajstić information content (AvgIpc) is 2.81. The van der Waals surface area contributed by atoms with Crippen LogP contribution in [0.2, 0.25) is 0 Å². The van der Waals surface area contributed by atoms with E-state index >= 15 is 0 Å². The predicted molar refractivity (Wildman–Crippen MR) is 77.9 cm³/mol. The van der Waals surface area contributed by atoms with Crippen LogP contribution >= 0.6 is 0 Å². The summed E-state index contributed by atoms with van der Waals surface area (Å²) in [5.41, 5.74) is 0.403. The molecule has 1 aliphatic rings. The first-order valence-corrected chi connectivity index (χ1v) is 7.26. The SMILES string of the molecule is CCCOc1ccc(CN2CCCC2(C)C(=O)O)cc1. The molecule has 20 heavy (non-hydrogen) atoms. The number of ether oxygens (including phenoxy) is 1. The van der Waals surface area contributed by atoms with Crippen molar-refractivity contribution in [1.29, 1.82) is 0 Å². The molecule has 1 heterocycles. The lowest BCUT2D eigenvalue weighted by molar-refractivity contribution is -0.148. The van der Waals surface area contributed by atoms with Crippen LogP contribution in [0.5, 0.6) is 5.75 Å². The Morgan fingerprint density at radius 1 is 1.40 bits per heavy atom. The number of carboxylic acids is 1. The van der Waals surface area contributed by atoms with Crippen molar-refractivity contribution in [3.63, 3.8) is 0 Å². The maximum absolute atomic E-state index is 11.4. The summed E-state index contributed by atoms with van der Waals surface area (Å²) in [5, 5.41) is 9.40. The summed E-state index contributed by atoms with van der Waals surface area (Å²) < 4.78 is 5.55. The first-order chi connectivity index (χ1) is 9.56. The largest absolute Gasteiger partial charge is 0.494 e. The fourth-order valence-corrected chi connectivity index (χ4v) is 2.65. The number of hydrogen-bond acceptors (Lipinski definition) is 3. The molecule has 110 valence electrons. The lowest BCUT2D eigenvalue weighted by Crippen LogP contribution is -2.47. The quantitative estimate of drug-likeness (QED) is 0.868. The Balaban J connectivity index is 2.01. The van der Waals surface area contributed by atoms with Gasteiger partial charge in [-0.05, 0) is 50.4 Å². The fraction of sp³-hybridized carbons (Fsp3) is 0.562. The molecular weight excluding hydrogens is 254 g/mol. The van der Waals surface area contributed by atoms with Crippen LogP contribution in [0.4, 0.5) is 0 Å². The summed E-state index contributed by atoms with van der Waals surface area (Å²) in [6.07, 6.45) is 2.66. The summed E-state index contributed by atoms with van der Waals surface area (Å²) in [7, 11) is 0.